The number of rotatable bonds is 3. The number of anilines is 1. The van der Waals surface area contributed by atoms with Crippen LogP contribution < -0.4 is 5.73 Å². The van der Waals surface area contributed by atoms with Crippen LogP contribution in [0.5, 0.6) is 0 Å². The van der Waals surface area contributed by atoms with E-state index in [9.17, 15) is 4.79 Å². The van der Waals surface area contributed by atoms with Crippen molar-refractivity contribution in [1.82, 2.24) is 4.98 Å². The van der Waals surface area contributed by atoms with Gasteiger partial charge in [0.05, 0.1) is 5.52 Å². The molecule has 1 unspecified atom stereocenters. The summed E-state index contributed by atoms with van der Waals surface area (Å²) in [5.74, 6) is -0.113. The molecule has 21 heavy (non-hydrogen) atoms. The fourth-order valence-corrected chi connectivity index (χ4v) is 2.94. The van der Waals surface area contributed by atoms with Crippen molar-refractivity contribution in [2.75, 3.05) is 5.73 Å². The number of fused-ring (bicyclic) bond motifs is 2. The Labute approximate surface area is 124 Å². The Kier molecular flexibility index (Phi) is 3.78. The highest BCUT2D eigenvalue weighted by atomic mass is 16.5. The van der Waals surface area contributed by atoms with Crippen LogP contribution in [0.2, 0.25) is 0 Å². The summed E-state index contributed by atoms with van der Waals surface area (Å²) in [6.07, 6.45) is 3.54. The van der Waals surface area contributed by atoms with E-state index in [1.807, 2.05) is 31.2 Å². The molecule has 3 rings (SSSR count). The number of aryl methyl sites for hydroxylation is 1. The third kappa shape index (κ3) is 2.71. The summed E-state index contributed by atoms with van der Waals surface area (Å²) in [5, 5.41) is 0.983. The fraction of sp³-hybridized carbons (Fsp3) is 0.412. The van der Waals surface area contributed by atoms with Gasteiger partial charge in [-0.2, -0.15) is 0 Å². The summed E-state index contributed by atoms with van der Waals surface area (Å²) in [4.78, 5) is 16.4. The van der Waals surface area contributed by atoms with E-state index in [-0.39, 0.29) is 12.1 Å². The molecule has 0 bridgehead atoms. The number of hydrogen-bond donors (Lipinski definition) is 1. The molecule has 4 nitrogen and oxygen atoms in total. The maximum absolute atomic E-state index is 11.7. The maximum atomic E-state index is 11.7. The Hall–Kier alpha value is -2.10. The molecule has 1 aliphatic carbocycles. The molecule has 1 aromatic carbocycles. The molecule has 2 aromatic rings. The average Bonchev–Trinajstić information content (AvgIpc) is 2.48. The van der Waals surface area contributed by atoms with Gasteiger partial charge in [-0.1, -0.05) is 25.1 Å². The van der Waals surface area contributed by atoms with Gasteiger partial charge in [-0.15, -0.1) is 0 Å². The minimum atomic E-state index is -0.113. The molecule has 0 fully saturated rings. The molecule has 1 atom stereocenters. The normalized spacial score (nSPS) is 17.5. The number of carbonyl (C=O) groups excluding carboxylic acids is 1. The van der Waals surface area contributed by atoms with Gasteiger partial charge in [0.25, 0.3) is 0 Å². The monoisotopic (exact) mass is 284 g/mol. The van der Waals surface area contributed by atoms with Crippen LogP contribution in [0.1, 0.15) is 37.4 Å². The van der Waals surface area contributed by atoms with Crippen LogP contribution in [0.3, 0.4) is 0 Å². The first-order valence-corrected chi connectivity index (χ1v) is 7.54. The van der Waals surface area contributed by atoms with Crippen molar-refractivity contribution in [3.8, 4) is 0 Å². The summed E-state index contributed by atoms with van der Waals surface area (Å²) in [6.45, 7) is 1.98. The molecule has 0 spiro atoms. The van der Waals surface area contributed by atoms with Gasteiger partial charge in [0.1, 0.15) is 6.10 Å². The summed E-state index contributed by atoms with van der Waals surface area (Å²) in [5.41, 5.74) is 10.1. The lowest BCUT2D eigenvalue weighted by Crippen LogP contribution is -2.27. The molecule has 1 aliphatic rings. The number of benzene rings is 1. The van der Waals surface area contributed by atoms with E-state index >= 15 is 0 Å². The minimum absolute atomic E-state index is 0.0678. The Morgan fingerprint density at radius 2 is 2.24 bits per heavy atom. The number of hydrogen-bond acceptors (Lipinski definition) is 4. The Bertz CT molecular complexity index is 682. The molecule has 0 radical (unpaired) electrons. The number of para-hydroxylation sites is 1. The standard InChI is InChI=1S/C17H20N2O2/c1-2-5-16(20)21-11-8-9-15-13(10-11)17(18)12-6-3-4-7-14(12)19-15/h3-4,6-7,11H,2,5,8-10H2,1H3,(H2,18,19). The highest BCUT2D eigenvalue weighted by molar-refractivity contribution is 5.92. The van der Waals surface area contributed by atoms with Gasteiger partial charge in [-0.3, -0.25) is 9.78 Å². The van der Waals surface area contributed by atoms with Crippen LogP contribution in [0.25, 0.3) is 10.9 Å². The number of ether oxygens (including phenoxy) is 1. The summed E-state index contributed by atoms with van der Waals surface area (Å²) in [7, 11) is 0. The summed E-state index contributed by atoms with van der Waals surface area (Å²) >= 11 is 0. The second kappa shape index (κ2) is 5.72. The molecular weight excluding hydrogens is 264 g/mol. The van der Waals surface area contributed by atoms with Crippen molar-refractivity contribution in [3.63, 3.8) is 0 Å². The lowest BCUT2D eigenvalue weighted by atomic mass is 9.91. The number of nitrogens with two attached hydrogens (primary N) is 1. The van der Waals surface area contributed by atoms with Gasteiger partial charge < -0.3 is 10.5 Å². The van der Waals surface area contributed by atoms with Crippen LogP contribution in [-0.4, -0.2) is 17.1 Å². The van der Waals surface area contributed by atoms with Crippen molar-refractivity contribution in [2.24, 2.45) is 0 Å². The molecule has 0 amide bonds. The topological polar surface area (TPSA) is 65.2 Å². The molecule has 0 aliphatic heterocycles. The number of aromatic nitrogens is 1. The zero-order valence-electron chi connectivity index (χ0n) is 12.3. The number of nitrogen functional groups attached to an aromatic ring is 1. The van der Waals surface area contributed by atoms with E-state index in [1.165, 1.54) is 0 Å². The minimum Gasteiger partial charge on any atom is -0.462 e. The van der Waals surface area contributed by atoms with Gasteiger partial charge in [0.15, 0.2) is 0 Å². The largest absolute Gasteiger partial charge is 0.462 e. The van der Waals surface area contributed by atoms with Gasteiger partial charge in [-0.05, 0) is 25.3 Å². The smallest absolute Gasteiger partial charge is 0.306 e. The van der Waals surface area contributed by atoms with E-state index < -0.39 is 0 Å². The van der Waals surface area contributed by atoms with Crippen LogP contribution in [-0.2, 0) is 22.4 Å². The lowest BCUT2D eigenvalue weighted by molar-refractivity contribution is -0.149. The number of pyridine rings is 1. The highest BCUT2D eigenvalue weighted by Crippen LogP contribution is 2.32. The second-order valence-electron chi connectivity index (χ2n) is 5.57. The zero-order valence-corrected chi connectivity index (χ0v) is 12.3. The van der Waals surface area contributed by atoms with E-state index in [0.717, 1.165) is 47.1 Å². The lowest BCUT2D eigenvalue weighted by Gasteiger charge is -2.25. The van der Waals surface area contributed by atoms with Gasteiger partial charge in [0, 0.05) is 35.2 Å². The first kappa shape index (κ1) is 13.9. The average molecular weight is 284 g/mol. The van der Waals surface area contributed by atoms with Crippen LogP contribution in [0.4, 0.5) is 5.69 Å². The molecule has 110 valence electrons. The Morgan fingerprint density at radius 1 is 1.43 bits per heavy atom. The van der Waals surface area contributed by atoms with E-state index in [2.05, 4.69) is 0 Å². The molecule has 1 heterocycles. The summed E-state index contributed by atoms with van der Waals surface area (Å²) in [6, 6.07) is 7.91. The van der Waals surface area contributed by atoms with Gasteiger partial charge in [-0.25, -0.2) is 0 Å². The van der Waals surface area contributed by atoms with E-state index in [1.54, 1.807) is 0 Å². The van der Waals surface area contributed by atoms with E-state index in [0.29, 0.717) is 12.8 Å². The van der Waals surface area contributed by atoms with Gasteiger partial charge >= 0.3 is 5.97 Å². The number of esters is 1. The second-order valence-corrected chi connectivity index (χ2v) is 5.57. The third-order valence-electron chi connectivity index (χ3n) is 4.01. The van der Waals surface area contributed by atoms with Crippen molar-refractivity contribution >= 4 is 22.6 Å². The molecule has 1 aromatic heterocycles. The van der Waals surface area contributed by atoms with E-state index in [4.69, 9.17) is 15.5 Å². The van der Waals surface area contributed by atoms with Crippen molar-refractivity contribution < 1.29 is 9.53 Å². The molecular formula is C17H20N2O2. The van der Waals surface area contributed by atoms with Crippen molar-refractivity contribution in [1.29, 1.82) is 0 Å². The first-order valence-electron chi connectivity index (χ1n) is 7.54. The van der Waals surface area contributed by atoms with Crippen molar-refractivity contribution in [3.05, 3.63) is 35.5 Å². The molecule has 4 heteroatoms. The van der Waals surface area contributed by atoms with Crippen LogP contribution in [0, 0.1) is 0 Å². The number of carbonyl (C=O) groups is 1. The summed E-state index contributed by atoms with van der Waals surface area (Å²) < 4.78 is 5.53. The maximum Gasteiger partial charge on any atom is 0.306 e. The Morgan fingerprint density at radius 3 is 3.05 bits per heavy atom. The predicted octanol–water partition coefficient (Wildman–Crippen LogP) is 3.02. The quantitative estimate of drug-likeness (QED) is 0.880. The fourth-order valence-electron chi connectivity index (χ4n) is 2.94. The molecule has 2 N–H and O–H groups in total. The molecule has 0 saturated heterocycles. The van der Waals surface area contributed by atoms with Crippen LogP contribution >= 0.6 is 0 Å². The third-order valence-corrected chi connectivity index (χ3v) is 4.01. The van der Waals surface area contributed by atoms with Gasteiger partial charge in [0.2, 0.25) is 0 Å². The predicted molar refractivity (Wildman–Crippen MR) is 83.0 cm³/mol. The zero-order chi connectivity index (χ0) is 14.8. The van der Waals surface area contributed by atoms with Crippen LogP contribution in [0.15, 0.2) is 24.3 Å². The Balaban J connectivity index is 1.88. The SMILES string of the molecule is CCCC(=O)OC1CCc2nc3ccccc3c(N)c2C1. The first-order chi connectivity index (χ1) is 10.2. The van der Waals surface area contributed by atoms with Crippen molar-refractivity contribution in [2.45, 2.75) is 45.1 Å². The highest BCUT2D eigenvalue weighted by Gasteiger charge is 2.25. The molecule has 0 saturated carbocycles. The number of nitrogens with zero attached hydrogens (tertiary/aromatic N) is 1.